The van der Waals surface area contributed by atoms with Crippen LogP contribution in [0.4, 0.5) is 4.39 Å². The lowest BCUT2D eigenvalue weighted by molar-refractivity contribution is -0.119. The Kier molecular flexibility index (Phi) is 4.42. The quantitative estimate of drug-likeness (QED) is 0.602. The molecule has 4 N–H and O–H groups in total. The van der Waals surface area contributed by atoms with Crippen molar-refractivity contribution in [1.82, 2.24) is 5.32 Å². The Morgan fingerprint density at radius 2 is 2.12 bits per heavy atom. The normalized spacial score (nSPS) is 14.1. The number of carbonyl (C=O) groups is 1. The molecule has 0 radical (unpaired) electrons. The van der Waals surface area contributed by atoms with Gasteiger partial charge in [-0.15, -0.1) is 0 Å². The summed E-state index contributed by atoms with van der Waals surface area (Å²) >= 11 is 0. The second-order valence-corrected chi connectivity index (χ2v) is 3.66. The topological polar surface area (TPSA) is 89.8 Å². The first-order valence-electron chi connectivity index (χ1n) is 5.00. The van der Waals surface area contributed by atoms with Gasteiger partial charge in [-0.1, -0.05) is 6.07 Å². The molecule has 1 rings (SSSR count). The van der Waals surface area contributed by atoms with E-state index in [1.54, 1.807) is 0 Å². The minimum atomic E-state index is -1.34. The summed E-state index contributed by atoms with van der Waals surface area (Å²) < 4.78 is 13.0. The lowest BCUT2D eigenvalue weighted by atomic mass is 10.0. The van der Waals surface area contributed by atoms with E-state index in [-0.39, 0.29) is 18.0 Å². The standard InChI is InChI=1S/C11H14FNO4/c1-6(14)13-5-10(16)11(17)7-2-3-9(15)8(12)4-7/h2-4,10-11,15-17H,5H2,1H3,(H,13,14). The molecule has 0 fully saturated rings. The molecule has 17 heavy (non-hydrogen) atoms. The van der Waals surface area contributed by atoms with Gasteiger partial charge < -0.3 is 20.6 Å². The number of phenolic OH excluding ortho intramolecular Hbond substituents is 1. The largest absolute Gasteiger partial charge is 0.505 e. The first kappa shape index (κ1) is 13.4. The van der Waals surface area contributed by atoms with E-state index in [0.717, 1.165) is 12.1 Å². The molecule has 0 aromatic heterocycles. The zero-order valence-corrected chi connectivity index (χ0v) is 9.22. The highest BCUT2D eigenvalue weighted by Crippen LogP contribution is 2.22. The van der Waals surface area contributed by atoms with Gasteiger partial charge in [-0.2, -0.15) is 0 Å². The molecule has 0 heterocycles. The van der Waals surface area contributed by atoms with E-state index in [9.17, 15) is 19.4 Å². The molecule has 6 heteroatoms. The molecule has 1 aromatic carbocycles. The fraction of sp³-hybridized carbons (Fsp3) is 0.364. The molecular formula is C11H14FNO4. The Bertz CT molecular complexity index is 410. The Labute approximate surface area is 97.5 Å². The van der Waals surface area contributed by atoms with E-state index in [2.05, 4.69) is 5.32 Å². The predicted molar refractivity (Wildman–Crippen MR) is 57.7 cm³/mol. The zero-order chi connectivity index (χ0) is 13.0. The fourth-order valence-corrected chi connectivity index (χ4v) is 1.29. The van der Waals surface area contributed by atoms with Crippen LogP contribution in [-0.4, -0.2) is 33.9 Å². The number of benzene rings is 1. The van der Waals surface area contributed by atoms with Crippen molar-refractivity contribution < 1.29 is 24.5 Å². The second kappa shape index (κ2) is 5.60. The lowest BCUT2D eigenvalue weighted by Crippen LogP contribution is -2.34. The van der Waals surface area contributed by atoms with Crippen LogP contribution in [0.1, 0.15) is 18.6 Å². The highest BCUT2D eigenvalue weighted by Gasteiger charge is 2.19. The lowest BCUT2D eigenvalue weighted by Gasteiger charge is -2.18. The number of aromatic hydroxyl groups is 1. The minimum absolute atomic E-state index is 0.123. The summed E-state index contributed by atoms with van der Waals surface area (Å²) in [5.74, 6) is -1.75. The average molecular weight is 243 g/mol. The van der Waals surface area contributed by atoms with Crippen LogP contribution >= 0.6 is 0 Å². The third-order valence-electron chi connectivity index (χ3n) is 2.24. The van der Waals surface area contributed by atoms with Crippen molar-refractivity contribution in [3.05, 3.63) is 29.6 Å². The van der Waals surface area contributed by atoms with Gasteiger partial charge in [-0.25, -0.2) is 4.39 Å². The summed E-state index contributed by atoms with van der Waals surface area (Å²) in [6, 6.07) is 3.30. The van der Waals surface area contributed by atoms with Gasteiger partial charge in [-0.05, 0) is 17.7 Å². The maximum absolute atomic E-state index is 13.0. The zero-order valence-electron chi connectivity index (χ0n) is 9.22. The summed E-state index contributed by atoms with van der Waals surface area (Å²) in [5.41, 5.74) is 0.123. The van der Waals surface area contributed by atoms with Gasteiger partial charge in [0.25, 0.3) is 0 Å². The van der Waals surface area contributed by atoms with Gasteiger partial charge in [0, 0.05) is 13.5 Å². The van der Waals surface area contributed by atoms with Gasteiger partial charge in [0.15, 0.2) is 11.6 Å². The molecular weight excluding hydrogens is 229 g/mol. The van der Waals surface area contributed by atoms with Gasteiger partial charge in [0.05, 0.1) is 0 Å². The maximum Gasteiger partial charge on any atom is 0.216 e. The van der Waals surface area contributed by atoms with E-state index in [4.69, 9.17) is 5.11 Å². The summed E-state index contributed by atoms with van der Waals surface area (Å²) in [6.07, 6.45) is -2.58. The van der Waals surface area contributed by atoms with Crippen molar-refractivity contribution in [3.8, 4) is 5.75 Å². The van der Waals surface area contributed by atoms with Crippen molar-refractivity contribution in [2.45, 2.75) is 19.1 Å². The number of nitrogens with one attached hydrogen (secondary N) is 1. The summed E-state index contributed by atoms with van der Waals surface area (Å²) in [6.45, 7) is 1.14. The Balaban J connectivity index is 2.70. The number of phenols is 1. The first-order chi connectivity index (χ1) is 7.91. The minimum Gasteiger partial charge on any atom is -0.505 e. The van der Waals surface area contributed by atoms with Crippen LogP contribution in [0.2, 0.25) is 0 Å². The summed E-state index contributed by atoms with van der Waals surface area (Å²) in [4.78, 5) is 10.6. The van der Waals surface area contributed by atoms with Crippen molar-refractivity contribution in [2.24, 2.45) is 0 Å². The molecule has 0 aliphatic rings. The smallest absolute Gasteiger partial charge is 0.216 e. The molecule has 0 saturated heterocycles. The van der Waals surface area contributed by atoms with Crippen LogP contribution in [0.15, 0.2) is 18.2 Å². The molecule has 0 aliphatic carbocycles. The molecule has 1 amide bonds. The highest BCUT2D eigenvalue weighted by molar-refractivity contribution is 5.72. The number of hydrogen-bond acceptors (Lipinski definition) is 4. The van der Waals surface area contributed by atoms with Crippen LogP contribution in [-0.2, 0) is 4.79 Å². The molecule has 0 spiro atoms. The van der Waals surface area contributed by atoms with E-state index in [1.807, 2.05) is 0 Å². The number of aliphatic hydroxyl groups is 2. The highest BCUT2D eigenvalue weighted by atomic mass is 19.1. The van der Waals surface area contributed by atoms with Crippen molar-refractivity contribution >= 4 is 5.91 Å². The van der Waals surface area contributed by atoms with Gasteiger partial charge >= 0.3 is 0 Å². The van der Waals surface area contributed by atoms with E-state index >= 15 is 0 Å². The van der Waals surface area contributed by atoms with Crippen LogP contribution in [0, 0.1) is 5.82 Å². The number of amides is 1. The molecule has 94 valence electrons. The molecule has 0 bridgehead atoms. The third-order valence-corrected chi connectivity index (χ3v) is 2.24. The Morgan fingerprint density at radius 3 is 2.65 bits per heavy atom. The summed E-state index contributed by atoms with van der Waals surface area (Å²) in [7, 11) is 0. The summed E-state index contributed by atoms with van der Waals surface area (Å²) in [5, 5.41) is 30.5. The first-order valence-corrected chi connectivity index (χ1v) is 5.00. The van der Waals surface area contributed by atoms with Crippen LogP contribution in [0.5, 0.6) is 5.75 Å². The van der Waals surface area contributed by atoms with E-state index in [1.165, 1.54) is 13.0 Å². The maximum atomic E-state index is 13.0. The molecule has 0 aliphatic heterocycles. The monoisotopic (exact) mass is 243 g/mol. The Morgan fingerprint density at radius 1 is 1.47 bits per heavy atom. The predicted octanol–water partition coefficient (Wildman–Crippen LogP) is 0.0617. The molecule has 5 nitrogen and oxygen atoms in total. The van der Waals surface area contributed by atoms with Crippen molar-refractivity contribution in [2.75, 3.05) is 6.54 Å². The Hall–Kier alpha value is -1.66. The third kappa shape index (κ3) is 3.69. The van der Waals surface area contributed by atoms with Crippen LogP contribution < -0.4 is 5.32 Å². The average Bonchev–Trinajstić information content (AvgIpc) is 2.28. The number of halogens is 1. The van der Waals surface area contributed by atoms with Crippen molar-refractivity contribution in [3.63, 3.8) is 0 Å². The van der Waals surface area contributed by atoms with Crippen molar-refractivity contribution in [1.29, 1.82) is 0 Å². The SMILES string of the molecule is CC(=O)NCC(O)C(O)c1ccc(O)c(F)c1. The molecule has 2 unspecified atom stereocenters. The van der Waals surface area contributed by atoms with Crippen LogP contribution in [0.25, 0.3) is 0 Å². The van der Waals surface area contributed by atoms with Crippen LogP contribution in [0.3, 0.4) is 0 Å². The molecule has 2 atom stereocenters. The van der Waals surface area contributed by atoms with Gasteiger partial charge in [0.1, 0.15) is 12.2 Å². The van der Waals surface area contributed by atoms with Gasteiger partial charge in [0.2, 0.25) is 5.91 Å². The number of aliphatic hydroxyl groups excluding tert-OH is 2. The van der Waals surface area contributed by atoms with E-state index in [0.29, 0.717) is 0 Å². The molecule has 0 saturated carbocycles. The van der Waals surface area contributed by atoms with E-state index < -0.39 is 23.8 Å². The number of hydrogen-bond donors (Lipinski definition) is 4. The number of rotatable bonds is 4. The molecule has 1 aromatic rings. The second-order valence-electron chi connectivity index (χ2n) is 3.66. The fourth-order valence-electron chi connectivity index (χ4n) is 1.29. The van der Waals surface area contributed by atoms with Gasteiger partial charge in [-0.3, -0.25) is 4.79 Å². The number of carbonyl (C=O) groups excluding carboxylic acids is 1.